The topological polar surface area (TPSA) is 29.1 Å². The third-order valence-electron chi connectivity index (χ3n) is 2.88. The molecule has 94 valence electrons. The molecule has 0 spiro atoms. The molecule has 0 aliphatic rings. The molecule has 2 aromatic carbocycles. The van der Waals surface area contributed by atoms with Crippen molar-refractivity contribution >= 4 is 38.3 Å². The van der Waals surface area contributed by atoms with Crippen LogP contribution in [0.5, 0.6) is 0 Å². The molecule has 0 aliphatic heterocycles. The van der Waals surface area contributed by atoms with E-state index in [9.17, 15) is 4.79 Å². The number of benzene rings is 2. The molecule has 0 saturated carbocycles. The molecule has 1 amide bonds. The second kappa shape index (κ2) is 5.53. The molecule has 0 fully saturated rings. The summed E-state index contributed by atoms with van der Waals surface area (Å²) in [5, 5.41) is 5.18. The number of rotatable bonds is 3. The largest absolute Gasteiger partial charge is 0.325 e. The van der Waals surface area contributed by atoms with E-state index in [-0.39, 0.29) is 16.7 Å². The van der Waals surface area contributed by atoms with Crippen LogP contribution >= 0.6 is 15.9 Å². The quantitative estimate of drug-likeness (QED) is 0.846. The first-order chi connectivity index (χ1) is 8.59. The fourth-order valence-electron chi connectivity index (χ4n) is 1.84. The molecule has 2 nitrogen and oxygen atoms in total. The predicted molar refractivity (Wildman–Crippen MR) is 80.1 cm³/mol. The SMILES string of the molecule is CC(C)C(Br)C(=O)Nc1cccc2ccccc12. The van der Waals surface area contributed by atoms with Gasteiger partial charge in [0.05, 0.1) is 4.83 Å². The lowest BCUT2D eigenvalue weighted by Gasteiger charge is -2.15. The van der Waals surface area contributed by atoms with E-state index >= 15 is 0 Å². The Labute approximate surface area is 116 Å². The Hall–Kier alpha value is -1.35. The monoisotopic (exact) mass is 305 g/mol. The van der Waals surface area contributed by atoms with Crippen LogP contribution in [0.15, 0.2) is 42.5 Å². The maximum atomic E-state index is 12.0. The second-order valence-electron chi connectivity index (χ2n) is 4.66. The lowest BCUT2D eigenvalue weighted by molar-refractivity contribution is -0.116. The number of amides is 1. The number of nitrogens with one attached hydrogen (secondary N) is 1. The summed E-state index contributed by atoms with van der Waals surface area (Å²) in [5.41, 5.74) is 0.864. The maximum absolute atomic E-state index is 12.0. The lowest BCUT2D eigenvalue weighted by Crippen LogP contribution is -2.27. The van der Waals surface area contributed by atoms with E-state index in [2.05, 4.69) is 21.2 Å². The van der Waals surface area contributed by atoms with Gasteiger partial charge in [0.1, 0.15) is 0 Å². The molecule has 1 unspecified atom stereocenters. The summed E-state index contributed by atoms with van der Waals surface area (Å²) < 4.78 is 0. The minimum absolute atomic E-state index is 0.00125. The standard InChI is InChI=1S/C15H16BrNO/c1-10(2)14(16)15(18)17-13-9-5-7-11-6-3-4-8-12(11)13/h3-10,14H,1-2H3,(H,17,18). The molecule has 2 aromatic rings. The van der Waals surface area contributed by atoms with Gasteiger partial charge in [0.2, 0.25) is 5.91 Å². The van der Waals surface area contributed by atoms with Crippen molar-refractivity contribution in [3.05, 3.63) is 42.5 Å². The first kappa shape index (κ1) is 13.1. The summed E-state index contributed by atoms with van der Waals surface area (Å²) in [5.74, 6) is 0.265. The van der Waals surface area contributed by atoms with Gasteiger partial charge in [0.25, 0.3) is 0 Å². The zero-order valence-corrected chi connectivity index (χ0v) is 12.1. The van der Waals surface area contributed by atoms with E-state index in [1.165, 1.54) is 0 Å². The number of alkyl halides is 1. The minimum atomic E-state index is -0.170. The van der Waals surface area contributed by atoms with E-state index in [0.29, 0.717) is 0 Å². The Kier molecular flexibility index (Phi) is 4.02. The summed E-state index contributed by atoms with van der Waals surface area (Å²) in [6.07, 6.45) is 0. The number of hydrogen-bond acceptors (Lipinski definition) is 1. The van der Waals surface area contributed by atoms with E-state index in [1.807, 2.05) is 56.3 Å². The average Bonchev–Trinajstić information content (AvgIpc) is 2.38. The Morgan fingerprint density at radius 1 is 1.11 bits per heavy atom. The highest BCUT2D eigenvalue weighted by Gasteiger charge is 2.18. The first-order valence-corrected chi connectivity index (χ1v) is 6.94. The summed E-state index contributed by atoms with van der Waals surface area (Å²) in [4.78, 5) is 11.9. The number of halogens is 1. The van der Waals surface area contributed by atoms with Crippen LogP contribution in [0, 0.1) is 5.92 Å². The van der Waals surface area contributed by atoms with Crippen LogP contribution in [-0.4, -0.2) is 10.7 Å². The molecule has 2 rings (SSSR count). The second-order valence-corrected chi connectivity index (χ2v) is 5.65. The minimum Gasteiger partial charge on any atom is -0.325 e. The van der Waals surface area contributed by atoms with Gasteiger partial charge in [-0.25, -0.2) is 0 Å². The first-order valence-electron chi connectivity index (χ1n) is 6.02. The van der Waals surface area contributed by atoms with Crippen molar-refractivity contribution in [2.75, 3.05) is 5.32 Å². The summed E-state index contributed by atoms with van der Waals surface area (Å²) in [6, 6.07) is 14.0. The maximum Gasteiger partial charge on any atom is 0.238 e. The highest BCUT2D eigenvalue weighted by molar-refractivity contribution is 9.10. The molecule has 3 heteroatoms. The van der Waals surface area contributed by atoms with Crippen molar-refractivity contribution in [2.24, 2.45) is 5.92 Å². The summed E-state index contributed by atoms with van der Waals surface area (Å²) >= 11 is 3.42. The Morgan fingerprint density at radius 2 is 1.78 bits per heavy atom. The van der Waals surface area contributed by atoms with Crippen molar-refractivity contribution in [1.82, 2.24) is 0 Å². The molecule has 1 atom stereocenters. The van der Waals surface area contributed by atoms with Crippen LogP contribution < -0.4 is 5.32 Å². The van der Waals surface area contributed by atoms with E-state index in [0.717, 1.165) is 16.5 Å². The van der Waals surface area contributed by atoms with E-state index in [1.54, 1.807) is 0 Å². The number of hydrogen-bond donors (Lipinski definition) is 1. The van der Waals surface area contributed by atoms with Crippen LogP contribution in [0.1, 0.15) is 13.8 Å². The van der Waals surface area contributed by atoms with Crippen LogP contribution in [0.25, 0.3) is 10.8 Å². The van der Waals surface area contributed by atoms with Crippen molar-refractivity contribution in [1.29, 1.82) is 0 Å². The number of fused-ring (bicyclic) bond motifs is 1. The molecular weight excluding hydrogens is 290 g/mol. The van der Waals surface area contributed by atoms with Gasteiger partial charge in [-0.2, -0.15) is 0 Å². The van der Waals surface area contributed by atoms with Gasteiger partial charge in [-0.1, -0.05) is 66.2 Å². The highest BCUT2D eigenvalue weighted by atomic mass is 79.9. The fourth-order valence-corrected chi connectivity index (χ4v) is 1.95. The van der Waals surface area contributed by atoms with Gasteiger partial charge >= 0.3 is 0 Å². The molecule has 0 aromatic heterocycles. The molecule has 0 heterocycles. The third kappa shape index (κ3) is 2.72. The van der Waals surface area contributed by atoms with Crippen molar-refractivity contribution in [3.8, 4) is 0 Å². The van der Waals surface area contributed by atoms with Gasteiger partial charge < -0.3 is 5.32 Å². The molecular formula is C15H16BrNO. The predicted octanol–water partition coefficient (Wildman–Crippen LogP) is 4.20. The summed E-state index contributed by atoms with van der Waals surface area (Å²) in [6.45, 7) is 4.03. The number of carbonyl (C=O) groups is 1. The van der Waals surface area contributed by atoms with Crippen LogP contribution in [0.3, 0.4) is 0 Å². The van der Waals surface area contributed by atoms with Crippen LogP contribution in [-0.2, 0) is 4.79 Å². The third-order valence-corrected chi connectivity index (χ3v) is 4.36. The van der Waals surface area contributed by atoms with Crippen LogP contribution in [0.4, 0.5) is 5.69 Å². The summed E-state index contributed by atoms with van der Waals surface area (Å²) in [7, 11) is 0. The molecule has 1 N–H and O–H groups in total. The van der Waals surface area contributed by atoms with Crippen molar-refractivity contribution < 1.29 is 4.79 Å². The van der Waals surface area contributed by atoms with Crippen molar-refractivity contribution in [3.63, 3.8) is 0 Å². The van der Waals surface area contributed by atoms with Crippen LogP contribution in [0.2, 0.25) is 0 Å². The zero-order chi connectivity index (χ0) is 13.1. The van der Waals surface area contributed by atoms with Gasteiger partial charge in [0.15, 0.2) is 0 Å². The lowest BCUT2D eigenvalue weighted by atomic mass is 10.1. The number of carbonyl (C=O) groups excluding carboxylic acids is 1. The Balaban J connectivity index is 2.30. The molecule has 0 bridgehead atoms. The van der Waals surface area contributed by atoms with E-state index < -0.39 is 0 Å². The highest BCUT2D eigenvalue weighted by Crippen LogP contribution is 2.24. The molecule has 0 saturated heterocycles. The van der Waals surface area contributed by atoms with Crippen molar-refractivity contribution in [2.45, 2.75) is 18.7 Å². The van der Waals surface area contributed by atoms with Gasteiger partial charge in [-0.3, -0.25) is 4.79 Å². The molecule has 18 heavy (non-hydrogen) atoms. The molecule has 0 radical (unpaired) electrons. The van der Waals surface area contributed by atoms with Gasteiger partial charge in [-0.15, -0.1) is 0 Å². The zero-order valence-electron chi connectivity index (χ0n) is 10.5. The fraction of sp³-hybridized carbons (Fsp3) is 0.267. The Morgan fingerprint density at radius 3 is 2.50 bits per heavy atom. The van der Waals surface area contributed by atoms with Gasteiger partial charge in [0, 0.05) is 11.1 Å². The van der Waals surface area contributed by atoms with E-state index in [4.69, 9.17) is 0 Å². The normalized spacial score (nSPS) is 12.7. The number of anilines is 1. The average molecular weight is 306 g/mol. The van der Waals surface area contributed by atoms with Gasteiger partial charge in [-0.05, 0) is 17.4 Å². The smallest absolute Gasteiger partial charge is 0.238 e. The Bertz CT molecular complexity index is 560. The molecule has 0 aliphatic carbocycles.